The summed E-state index contributed by atoms with van der Waals surface area (Å²) in [5.41, 5.74) is 0.481. The second-order valence-corrected chi connectivity index (χ2v) is 9.08. The molecule has 1 atom stereocenters. The average molecular weight is 409 g/mol. The molecule has 0 bridgehead atoms. The minimum atomic E-state index is -3.28. The van der Waals surface area contributed by atoms with Crippen LogP contribution in [0.1, 0.15) is 6.42 Å². The summed E-state index contributed by atoms with van der Waals surface area (Å²) in [6.07, 6.45) is 1.17. The van der Waals surface area contributed by atoms with Crippen LogP contribution in [0.4, 0.5) is 10.2 Å². The van der Waals surface area contributed by atoms with Crippen LogP contribution in [-0.2, 0) is 19.6 Å². The monoisotopic (exact) mass is 409 g/mol. The van der Waals surface area contributed by atoms with Crippen LogP contribution in [0.25, 0.3) is 10.9 Å². The van der Waals surface area contributed by atoms with Crippen molar-refractivity contribution in [1.29, 1.82) is 0 Å². The van der Waals surface area contributed by atoms with Gasteiger partial charge in [-0.05, 0) is 12.1 Å². The zero-order chi connectivity index (χ0) is 20.1. The van der Waals surface area contributed by atoms with Crippen LogP contribution in [-0.4, -0.2) is 78.6 Å². The summed E-state index contributed by atoms with van der Waals surface area (Å²) in [6, 6.07) is 4.51. The van der Waals surface area contributed by atoms with Gasteiger partial charge in [-0.15, -0.1) is 0 Å². The number of sulfonamides is 1. The highest BCUT2D eigenvalue weighted by atomic mass is 32.2. The van der Waals surface area contributed by atoms with Crippen molar-refractivity contribution in [3.63, 3.8) is 0 Å². The maximum absolute atomic E-state index is 14.2. The molecule has 4 rings (SSSR count). The van der Waals surface area contributed by atoms with Crippen LogP contribution < -0.4 is 4.90 Å². The van der Waals surface area contributed by atoms with Crippen LogP contribution in [0.5, 0.6) is 0 Å². The van der Waals surface area contributed by atoms with E-state index in [2.05, 4.69) is 10.2 Å². The molecule has 0 aliphatic carbocycles. The molecule has 1 N–H and O–H groups in total. The van der Waals surface area contributed by atoms with Crippen molar-refractivity contribution in [3.05, 3.63) is 24.0 Å². The predicted molar refractivity (Wildman–Crippen MR) is 99.5 cm³/mol. The zero-order valence-electron chi connectivity index (χ0n) is 15.3. The van der Waals surface area contributed by atoms with E-state index in [4.69, 9.17) is 0 Å². The van der Waals surface area contributed by atoms with Gasteiger partial charge in [-0.25, -0.2) is 12.8 Å². The van der Waals surface area contributed by atoms with Gasteiger partial charge in [0.15, 0.2) is 5.82 Å². The number of halogens is 1. The van der Waals surface area contributed by atoms with E-state index in [0.29, 0.717) is 5.52 Å². The fourth-order valence-corrected chi connectivity index (χ4v) is 4.61. The van der Waals surface area contributed by atoms with Crippen LogP contribution >= 0.6 is 0 Å². The van der Waals surface area contributed by atoms with Gasteiger partial charge in [0.2, 0.25) is 21.8 Å². The Morgan fingerprint density at radius 2 is 1.96 bits per heavy atom. The van der Waals surface area contributed by atoms with Crippen molar-refractivity contribution in [2.45, 2.75) is 6.42 Å². The SMILES string of the molecule is CS(=O)(=O)N1CCN(C(=O)[C@@H]2CC(=O)N(c3n[nH]c4cccc(F)c34)C2)CC1. The summed E-state index contributed by atoms with van der Waals surface area (Å²) < 4.78 is 38.8. The quantitative estimate of drug-likeness (QED) is 0.777. The van der Waals surface area contributed by atoms with Crippen LogP contribution in [0.15, 0.2) is 18.2 Å². The first-order valence-corrected chi connectivity index (χ1v) is 10.8. The Hall–Kier alpha value is -2.53. The number of hydrogen-bond donors (Lipinski definition) is 1. The Balaban J connectivity index is 1.48. The number of H-pyrrole nitrogens is 1. The molecular weight excluding hydrogens is 389 g/mol. The van der Waals surface area contributed by atoms with Gasteiger partial charge in [-0.2, -0.15) is 9.40 Å². The summed E-state index contributed by atoms with van der Waals surface area (Å²) in [6.45, 7) is 1.18. The fourth-order valence-electron chi connectivity index (χ4n) is 3.79. The van der Waals surface area contributed by atoms with E-state index in [1.807, 2.05) is 0 Å². The molecule has 1 aromatic carbocycles. The van der Waals surface area contributed by atoms with Crippen molar-refractivity contribution in [2.24, 2.45) is 5.92 Å². The van der Waals surface area contributed by atoms with E-state index in [0.717, 1.165) is 6.26 Å². The van der Waals surface area contributed by atoms with E-state index >= 15 is 0 Å². The Morgan fingerprint density at radius 3 is 2.64 bits per heavy atom. The predicted octanol–water partition coefficient (Wildman–Crippen LogP) is 0.159. The maximum Gasteiger partial charge on any atom is 0.229 e. The molecule has 1 aromatic heterocycles. The van der Waals surface area contributed by atoms with E-state index < -0.39 is 21.8 Å². The number of nitrogens with one attached hydrogen (secondary N) is 1. The molecule has 3 heterocycles. The van der Waals surface area contributed by atoms with Crippen LogP contribution in [0, 0.1) is 11.7 Å². The number of rotatable bonds is 3. The number of amides is 2. The first kappa shape index (κ1) is 18.8. The molecule has 11 heteroatoms. The smallest absolute Gasteiger partial charge is 0.229 e. The molecule has 2 amide bonds. The Bertz CT molecular complexity index is 1040. The highest BCUT2D eigenvalue weighted by molar-refractivity contribution is 7.88. The van der Waals surface area contributed by atoms with Crippen molar-refractivity contribution in [1.82, 2.24) is 19.4 Å². The first-order chi connectivity index (χ1) is 13.3. The Morgan fingerprint density at radius 1 is 1.25 bits per heavy atom. The lowest BCUT2D eigenvalue weighted by atomic mass is 10.1. The van der Waals surface area contributed by atoms with E-state index in [1.165, 1.54) is 15.3 Å². The van der Waals surface area contributed by atoms with Crippen molar-refractivity contribution in [3.8, 4) is 0 Å². The number of aromatic nitrogens is 2. The number of piperazine rings is 1. The number of anilines is 1. The number of fused-ring (bicyclic) bond motifs is 1. The third-order valence-corrected chi connectivity index (χ3v) is 6.57. The second-order valence-electron chi connectivity index (χ2n) is 7.10. The minimum absolute atomic E-state index is 0.0218. The summed E-state index contributed by atoms with van der Waals surface area (Å²) in [5.74, 6) is -1.33. The lowest BCUT2D eigenvalue weighted by Gasteiger charge is -2.34. The molecule has 2 saturated heterocycles. The van der Waals surface area contributed by atoms with Gasteiger partial charge in [-0.1, -0.05) is 6.07 Å². The normalized spacial score (nSPS) is 21.6. The number of benzene rings is 1. The molecule has 2 aromatic rings. The van der Waals surface area contributed by atoms with Gasteiger partial charge >= 0.3 is 0 Å². The lowest BCUT2D eigenvalue weighted by Crippen LogP contribution is -2.51. The van der Waals surface area contributed by atoms with Gasteiger partial charge in [0.25, 0.3) is 0 Å². The largest absolute Gasteiger partial charge is 0.340 e. The Kier molecular flexibility index (Phi) is 4.58. The molecule has 0 spiro atoms. The standard InChI is InChI=1S/C17H20FN5O4S/c1-28(26,27)22-7-5-21(6-8-22)17(25)11-9-14(24)23(10-11)16-15-12(18)3-2-4-13(15)19-20-16/h2-4,11H,5-10H2,1H3,(H,19,20)/t11-/m1/s1. The first-order valence-electron chi connectivity index (χ1n) is 8.92. The molecule has 0 radical (unpaired) electrons. The van der Waals surface area contributed by atoms with Gasteiger partial charge in [-0.3, -0.25) is 19.6 Å². The summed E-state index contributed by atoms with van der Waals surface area (Å²) in [7, 11) is -3.28. The third kappa shape index (κ3) is 3.24. The van der Waals surface area contributed by atoms with Crippen LogP contribution in [0.3, 0.4) is 0 Å². The van der Waals surface area contributed by atoms with Gasteiger partial charge in [0, 0.05) is 39.1 Å². The summed E-state index contributed by atoms with van der Waals surface area (Å²) in [5, 5.41) is 7.01. The van der Waals surface area contributed by atoms with Crippen LogP contribution in [0.2, 0.25) is 0 Å². The molecule has 28 heavy (non-hydrogen) atoms. The van der Waals surface area contributed by atoms with E-state index in [-0.39, 0.29) is 62.2 Å². The fraction of sp³-hybridized carbons (Fsp3) is 0.471. The summed E-state index contributed by atoms with van der Waals surface area (Å²) >= 11 is 0. The molecule has 2 aliphatic rings. The number of carbonyl (C=O) groups is 2. The van der Waals surface area contributed by atoms with Crippen molar-refractivity contribution >= 4 is 38.6 Å². The Labute approximate surface area is 161 Å². The van der Waals surface area contributed by atoms with Crippen molar-refractivity contribution in [2.75, 3.05) is 43.9 Å². The van der Waals surface area contributed by atoms with Gasteiger partial charge in [0.1, 0.15) is 5.82 Å². The third-order valence-electron chi connectivity index (χ3n) is 5.27. The number of hydrogen-bond acceptors (Lipinski definition) is 5. The molecular formula is C17H20FN5O4S. The molecule has 150 valence electrons. The molecule has 0 unspecified atom stereocenters. The number of carbonyl (C=O) groups excluding carboxylic acids is 2. The van der Waals surface area contributed by atoms with Gasteiger partial charge < -0.3 is 4.90 Å². The van der Waals surface area contributed by atoms with E-state index in [1.54, 1.807) is 17.0 Å². The maximum atomic E-state index is 14.2. The molecule has 2 fully saturated rings. The lowest BCUT2D eigenvalue weighted by molar-refractivity contribution is -0.136. The highest BCUT2D eigenvalue weighted by Crippen LogP contribution is 2.32. The zero-order valence-corrected chi connectivity index (χ0v) is 16.1. The van der Waals surface area contributed by atoms with E-state index in [9.17, 15) is 22.4 Å². The molecule has 9 nitrogen and oxygen atoms in total. The van der Waals surface area contributed by atoms with Gasteiger partial charge in [0.05, 0.1) is 23.1 Å². The molecule has 2 aliphatic heterocycles. The average Bonchev–Trinajstić information content (AvgIpc) is 3.24. The summed E-state index contributed by atoms with van der Waals surface area (Å²) in [4.78, 5) is 28.3. The molecule has 0 saturated carbocycles. The van der Waals surface area contributed by atoms with Crippen molar-refractivity contribution < 1.29 is 22.4 Å². The number of nitrogens with zero attached hydrogens (tertiary/aromatic N) is 4. The number of aromatic amines is 1. The topological polar surface area (TPSA) is 107 Å². The highest BCUT2D eigenvalue weighted by Gasteiger charge is 2.40. The second kappa shape index (κ2) is 6.82. The minimum Gasteiger partial charge on any atom is -0.340 e.